The SMILES string of the molecule is CCc1nn(C)c(OC)c1CN[C@@H]1[C@@H]2CCCC[C@@H]2C1(C)C. The minimum atomic E-state index is 0.424. The molecule has 2 aliphatic carbocycles. The number of aryl methyl sites for hydroxylation is 2. The Hall–Kier alpha value is -1.03. The molecule has 0 amide bonds. The first-order chi connectivity index (χ1) is 10.5. The smallest absolute Gasteiger partial charge is 0.216 e. The van der Waals surface area contributed by atoms with Crippen molar-refractivity contribution in [1.29, 1.82) is 0 Å². The van der Waals surface area contributed by atoms with E-state index in [4.69, 9.17) is 4.74 Å². The van der Waals surface area contributed by atoms with E-state index >= 15 is 0 Å². The van der Waals surface area contributed by atoms with Crippen LogP contribution in [0.2, 0.25) is 0 Å². The second kappa shape index (κ2) is 5.88. The largest absolute Gasteiger partial charge is 0.481 e. The Kier molecular flexibility index (Phi) is 4.23. The molecule has 2 saturated carbocycles. The zero-order chi connectivity index (χ0) is 15.9. The van der Waals surface area contributed by atoms with E-state index in [0.29, 0.717) is 11.5 Å². The molecule has 124 valence electrons. The van der Waals surface area contributed by atoms with Gasteiger partial charge < -0.3 is 10.1 Å². The Labute approximate surface area is 134 Å². The van der Waals surface area contributed by atoms with Gasteiger partial charge >= 0.3 is 0 Å². The lowest BCUT2D eigenvalue weighted by molar-refractivity contribution is -0.0882. The summed E-state index contributed by atoms with van der Waals surface area (Å²) in [5, 5.41) is 8.45. The fraction of sp³-hybridized carbons (Fsp3) is 0.833. The summed E-state index contributed by atoms with van der Waals surface area (Å²) in [5.74, 6) is 2.69. The molecule has 1 N–H and O–H groups in total. The number of nitrogens with zero attached hydrogens (tertiary/aromatic N) is 2. The van der Waals surface area contributed by atoms with Crippen molar-refractivity contribution in [2.75, 3.05) is 7.11 Å². The Morgan fingerprint density at radius 3 is 2.73 bits per heavy atom. The Balaban J connectivity index is 1.73. The average molecular weight is 305 g/mol. The summed E-state index contributed by atoms with van der Waals surface area (Å²) in [6.45, 7) is 7.92. The lowest BCUT2D eigenvalue weighted by atomic mass is 9.48. The van der Waals surface area contributed by atoms with Crippen LogP contribution in [0.15, 0.2) is 0 Å². The summed E-state index contributed by atoms with van der Waals surface area (Å²) in [5.41, 5.74) is 2.82. The van der Waals surface area contributed by atoms with Crippen LogP contribution in [0.25, 0.3) is 0 Å². The number of hydrogen-bond acceptors (Lipinski definition) is 3. The monoisotopic (exact) mass is 305 g/mol. The second-order valence-corrected chi connectivity index (χ2v) is 7.65. The van der Waals surface area contributed by atoms with Crippen molar-refractivity contribution in [1.82, 2.24) is 15.1 Å². The quantitative estimate of drug-likeness (QED) is 0.907. The molecular formula is C18H31N3O. The normalized spacial score (nSPS) is 29.8. The number of methoxy groups -OCH3 is 1. The van der Waals surface area contributed by atoms with Crippen LogP contribution in [0.1, 0.15) is 57.7 Å². The van der Waals surface area contributed by atoms with Gasteiger partial charge in [0, 0.05) is 19.6 Å². The maximum atomic E-state index is 5.56. The number of nitrogens with one attached hydrogen (secondary N) is 1. The lowest BCUT2D eigenvalue weighted by Gasteiger charge is -2.61. The van der Waals surface area contributed by atoms with Gasteiger partial charge in [0.15, 0.2) is 0 Å². The van der Waals surface area contributed by atoms with E-state index in [2.05, 4.69) is 31.2 Å². The molecule has 3 rings (SSSR count). The number of ether oxygens (including phenoxy) is 1. The molecule has 0 unspecified atom stereocenters. The van der Waals surface area contributed by atoms with Gasteiger partial charge in [0.2, 0.25) is 5.88 Å². The summed E-state index contributed by atoms with van der Waals surface area (Å²) in [6, 6.07) is 0.632. The van der Waals surface area contributed by atoms with Crippen LogP contribution < -0.4 is 10.1 Å². The maximum absolute atomic E-state index is 5.56. The van der Waals surface area contributed by atoms with Gasteiger partial charge in [-0.25, -0.2) is 4.68 Å². The molecule has 0 saturated heterocycles. The van der Waals surface area contributed by atoms with Crippen molar-refractivity contribution in [2.24, 2.45) is 24.3 Å². The van der Waals surface area contributed by atoms with Crippen molar-refractivity contribution < 1.29 is 4.74 Å². The molecule has 4 heteroatoms. The highest BCUT2D eigenvalue weighted by atomic mass is 16.5. The molecule has 3 atom stereocenters. The Morgan fingerprint density at radius 1 is 1.32 bits per heavy atom. The molecule has 0 radical (unpaired) electrons. The second-order valence-electron chi connectivity index (χ2n) is 7.65. The van der Waals surface area contributed by atoms with Crippen LogP contribution in [0.5, 0.6) is 5.88 Å². The molecule has 2 aliphatic rings. The molecule has 0 aliphatic heterocycles. The molecule has 4 nitrogen and oxygen atoms in total. The molecule has 0 bridgehead atoms. The van der Waals surface area contributed by atoms with Crippen LogP contribution in [0, 0.1) is 17.3 Å². The highest BCUT2D eigenvalue weighted by Crippen LogP contribution is 2.57. The average Bonchev–Trinajstić information content (AvgIpc) is 2.82. The Morgan fingerprint density at radius 2 is 2.05 bits per heavy atom. The fourth-order valence-corrected chi connectivity index (χ4v) is 5.10. The molecular weight excluding hydrogens is 274 g/mol. The van der Waals surface area contributed by atoms with Gasteiger partial charge in [0.1, 0.15) is 0 Å². The van der Waals surface area contributed by atoms with E-state index in [-0.39, 0.29) is 0 Å². The van der Waals surface area contributed by atoms with Crippen LogP contribution in [-0.4, -0.2) is 22.9 Å². The van der Waals surface area contributed by atoms with E-state index < -0.39 is 0 Å². The maximum Gasteiger partial charge on any atom is 0.216 e. The summed E-state index contributed by atoms with van der Waals surface area (Å²) in [4.78, 5) is 0. The highest BCUT2D eigenvalue weighted by molar-refractivity contribution is 5.32. The molecule has 1 heterocycles. The zero-order valence-electron chi connectivity index (χ0n) is 14.8. The third-order valence-electron chi connectivity index (χ3n) is 6.20. The third-order valence-corrected chi connectivity index (χ3v) is 6.20. The summed E-state index contributed by atoms with van der Waals surface area (Å²) in [7, 11) is 3.70. The standard InChI is InChI=1S/C18H31N3O/c1-6-15-13(17(22-5)21(4)20-15)11-19-16-12-9-7-8-10-14(12)18(16,2)3/h12,14,16,19H,6-11H2,1-5H3/t12-,14+,16-/m1/s1. The minimum absolute atomic E-state index is 0.424. The van der Waals surface area contributed by atoms with E-state index in [1.807, 2.05) is 11.7 Å². The number of hydrogen-bond donors (Lipinski definition) is 1. The summed E-state index contributed by atoms with van der Waals surface area (Å²) < 4.78 is 7.43. The molecule has 1 aromatic rings. The van der Waals surface area contributed by atoms with Crippen molar-refractivity contribution in [3.63, 3.8) is 0 Å². The molecule has 2 fully saturated rings. The molecule has 0 aromatic carbocycles. The lowest BCUT2D eigenvalue weighted by Crippen LogP contribution is -2.64. The number of rotatable bonds is 5. The van der Waals surface area contributed by atoms with Crippen molar-refractivity contribution in [3.8, 4) is 5.88 Å². The number of fused-ring (bicyclic) bond motifs is 1. The van der Waals surface area contributed by atoms with Gasteiger partial charge in [-0.2, -0.15) is 5.10 Å². The van der Waals surface area contributed by atoms with E-state index in [1.165, 1.54) is 31.2 Å². The van der Waals surface area contributed by atoms with Gasteiger partial charge in [0.05, 0.1) is 18.4 Å². The van der Waals surface area contributed by atoms with E-state index in [0.717, 1.165) is 36.4 Å². The predicted molar refractivity (Wildman–Crippen MR) is 89.0 cm³/mol. The van der Waals surface area contributed by atoms with Crippen LogP contribution in [-0.2, 0) is 20.0 Å². The first-order valence-corrected chi connectivity index (χ1v) is 8.82. The fourth-order valence-electron chi connectivity index (χ4n) is 5.10. The van der Waals surface area contributed by atoms with Crippen molar-refractivity contribution in [2.45, 2.75) is 65.5 Å². The topological polar surface area (TPSA) is 39.1 Å². The zero-order valence-corrected chi connectivity index (χ0v) is 14.8. The van der Waals surface area contributed by atoms with Crippen molar-refractivity contribution in [3.05, 3.63) is 11.3 Å². The summed E-state index contributed by atoms with van der Waals surface area (Å²) in [6.07, 6.45) is 6.61. The van der Waals surface area contributed by atoms with E-state index in [9.17, 15) is 0 Å². The van der Waals surface area contributed by atoms with Gasteiger partial charge in [-0.15, -0.1) is 0 Å². The van der Waals surface area contributed by atoms with E-state index in [1.54, 1.807) is 7.11 Å². The Bertz CT molecular complexity index is 535. The summed E-state index contributed by atoms with van der Waals surface area (Å²) >= 11 is 0. The highest BCUT2D eigenvalue weighted by Gasteiger charge is 2.55. The van der Waals surface area contributed by atoms with Gasteiger partial charge in [-0.05, 0) is 36.5 Å². The van der Waals surface area contributed by atoms with Gasteiger partial charge in [-0.1, -0.05) is 33.6 Å². The van der Waals surface area contributed by atoms with Gasteiger partial charge in [-0.3, -0.25) is 0 Å². The number of aromatic nitrogens is 2. The molecule has 1 aromatic heterocycles. The van der Waals surface area contributed by atoms with Crippen LogP contribution >= 0.6 is 0 Å². The van der Waals surface area contributed by atoms with Crippen molar-refractivity contribution >= 4 is 0 Å². The third kappa shape index (κ3) is 2.36. The molecule has 22 heavy (non-hydrogen) atoms. The van der Waals surface area contributed by atoms with Gasteiger partial charge in [0.25, 0.3) is 0 Å². The first-order valence-electron chi connectivity index (χ1n) is 8.82. The first kappa shape index (κ1) is 15.9. The minimum Gasteiger partial charge on any atom is -0.481 e. The molecule has 0 spiro atoms. The van der Waals surface area contributed by atoms with Crippen LogP contribution in [0.4, 0.5) is 0 Å². The predicted octanol–water partition coefficient (Wildman–Crippen LogP) is 3.30. The van der Waals surface area contributed by atoms with Crippen LogP contribution in [0.3, 0.4) is 0 Å².